The summed E-state index contributed by atoms with van der Waals surface area (Å²) >= 11 is 0. The van der Waals surface area contributed by atoms with Crippen molar-refractivity contribution in [3.05, 3.63) is 30.1 Å². The Kier molecular flexibility index (Phi) is 4.23. The number of carboxylic acids is 1. The van der Waals surface area contributed by atoms with Crippen LogP contribution < -0.4 is 5.32 Å². The van der Waals surface area contributed by atoms with Crippen LogP contribution in [0.25, 0.3) is 0 Å². The van der Waals surface area contributed by atoms with Crippen LogP contribution in [0.15, 0.2) is 24.5 Å². The van der Waals surface area contributed by atoms with Crippen molar-refractivity contribution in [2.24, 2.45) is 5.92 Å². The molecule has 4 nitrogen and oxygen atoms in total. The number of hydrogen-bond donors (Lipinski definition) is 2. The van der Waals surface area contributed by atoms with E-state index < -0.39 is 11.5 Å². The minimum atomic E-state index is -1.10. The van der Waals surface area contributed by atoms with E-state index in [1.165, 1.54) is 0 Å². The first-order valence-electron chi connectivity index (χ1n) is 5.79. The SMILES string of the molecule is CC(C)C(C)NC(C)(C(=O)O)c1cccnc1. The van der Waals surface area contributed by atoms with Gasteiger partial charge >= 0.3 is 5.97 Å². The van der Waals surface area contributed by atoms with E-state index in [-0.39, 0.29) is 6.04 Å². The molecule has 0 amide bonds. The quantitative estimate of drug-likeness (QED) is 0.821. The molecule has 0 bridgehead atoms. The molecule has 1 aromatic rings. The van der Waals surface area contributed by atoms with Gasteiger partial charge in [-0.2, -0.15) is 0 Å². The van der Waals surface area contributed by atoms with E-state index >= 15 is 0 Å². The van der Waals surface area contributed by atoms with Gasteiger partial charge in [0.1, 0.15) is 5.54 Å². The molecule has 0 aliphatic heterocycles. The highest BCUT2D eigenvalue weighted by atomic mass is 16.4. The number of nitrogens with zero attached hydrogens (tertiary/aromatic N) is 1. The van der Waals surface area contributed by atoms with Gasteiger partial charge in [0.05, 0.1) is 0 Å². The van der Waals surface area contributed by atoms with Crippen molar-refractivity contribution in [1.82, 2.24) is 10.3 Å². The minimum absolute atomic E-state index is 0.108. The molecule has 2 unspecified atom stereocenters. The summed E-state index contributed by atoms with van der Waals surface area (Å²) in [5, 5.41) is 12.6. The molecule has 1 rings (SSSR count). The largest absolute Gasteiger partial charge is 0.480 e. The fraction of sp³-hybridized carbons (Fsp3) is 0.538. The fourth-order valence-corrected chi connectivity index (χ4v) is 1.55. The Bertz CT molecular complexity index is 378. The molecular formula is C13H20N2O2. The molecule has 0 aliphatic rings. The van der Waals surface area contributed by atoms with Crippen molar-refractivity contribution >= 4 is 5.97 Å². The molecule has 1 aromatic heterocycles. The van der Waals surface area contributed by atoms with Gasteiger partial charge in [0.15, 0.2) is 0 Å². The molecule has 0 saturated carbocycles. The lowest BCUT2D eigenvalue weighted by molar-refractivity contribution is -0.145. The van der Waals surface area contributed by atoms with Crippen LogP contribution in [0.3, 0.4) is 0 Å². The van der Waals surface area contributed by atoms with E-state index in [1.54, 1.807) is 31.5 Å². The number of aromatic nitrogens is 1. The Balaban J connectivity index is 3.03. The summed E-state index contributed by atoms with van der Waals surface area (Å²) in [6.07, 6.45) is 3.23. The smallest absolute Gasteiger partial charge is 0.328 e. The Morgan fingerprint density at radius 2 is 2.12 bits per heavy atom. The van der Waals surface area contributed by atoms with E-state index in [1.807, 2.05) is 6.92 Å². The Hall–Kier alpha value is -1.42. The zero-order valence-electron chi connectivity index (χ0n) is 10.8. The third-order valence-electron chi connectivity index (χ3n) is 3.18. The van der Waals surface area contributed by atoms with E-state index in [0.29, 0.717) is 11.5 Å². The van der Waals surface area contributed by atoms with Gasteiger partial charge < -0.3 is 5.11 Å². The zero-order chi connectivity index (χ0) is 13.1. The number of aliphatic carboxylic acids is 1. The summed E-state index contributed by atoms with van der Waals surface area (Å²) in [6.45, 7) is 7.78. The molecule has 2 atom stereocenters. The number of carbonyl (C=O) groups is 1. The Morgan fingerprint density at radius 3 is 2.53 bits per heavy atom. The summed E-state index contributed by atoms with van der Waals surface area (Å²) in [4.78, 5) is 15.5. The van der Waals surface area contributed by atoms with Crippen molar-refractivity contribution in [2.75, 3.05) is 0 Å². The van der Waals surface area contributed by atoms with Crippen LogP contribution in [0.1, 0.15) is 33.3 Å². The average molecular weight is 236 g/mol. The van der Waals surface area contributed by atoms with Crippen molar-refractivity contribution < 1.29 is 9.90 Å². The number of nitrogens with one attached hydrogen (secondary N) is 1. The summed E-state index contributed by atoms with van der Waals surface area (Å²) in [5.41, 5.74) is -0.433. The molecular weight excluding hydrogens is 216 g/mol. The van der Waals surface area contributed by atoms with E-state index in [2.05, 4.69) is 24.1 Å². The predicted molar refractivity (Wildman–Crippen MR) is 66.7 cm³/mol. The monoisotopic (exact) mass is 236 g/mol. The average Bonchev–Trinajstić information content (AvgIpc) is 2.29. The maximum atomic E-state index is 11.5. The Morgan fingerprint density at radius 1 is 1.47 bits per heavy atom. The first-order chi connectivity index (χ1) is 7.88. The van der Waals surface area contributed by atoms with Crippen LogP contribution in [-0.4, -0.2) is 22.1 Å². The molecule has 0 fully saturated rings. The second-order valence-electron chi connectivity index (χ2n) is 4.85. The lowest BCUT2D eigenvalue weighted by atomic mass is 9.91. The van der Waals surface area contributed by atoms with Crippen molar-refractivity contribution in [3.63, 3.8) is 0 Å². The number of pyridine rings is 1. The second-order valence-corrected chi connectivity index (χ2v) is 4.85. The first kappa shape index (κ1) is 13.6. The van der Waals surface area contributed by atoms with E-state index in [0.717, 1.165) is 0 Å². The maximum absolute atomic E-state index is 11.5. The van der Waals surface area contributed by atoms with Gasteiger partial charge in [0.2, 0.25) is 0 Å². The molecule has 0 aliphatic carbocycles. The van der Waals surface area contributed by atoms with Crippen LogP contribution in [0, 0.1) is 5.92 Å². The highest BCUT2D eigenvalue weighted by Crippen LogP contribution is 2.22. The van der Waals surface area contributed by atoms with E-state index in [4.69, 9.17) is 0 Å². The lowest BCUT2D eigenvalue weighted by Gasteiger charge is -2.31. The molecule has 0 aromatic carbocycles. The molecule has 17 heavy (non-hydrogen) atoms. The van der Waals surface area contributed by atoms with Crippen LogP contribution in [0.2, 0.25) is 0 Å². The van der Waals surface area contributed by atoms with Crippen molar-refractivity contribution in [1.29, 1.82) is 0 Å². The number of hydrogen-bond acceptors (Lipinski definition) is 3. The Labute approximate surface area is 102 Å². The van der Waals surface area contributed by atoms with Crippen LogP contribution >= 0.6 is 0 Å². The van der Waals surface area contributed by atoms with Crippen molar-refractivity contribution in [3.8, 4) is 0 Å². The predicted octanol–water partition coefficient (Wildman–Crippen LogP) is 2.02. The molecule has 1 heterocycles. The third kappa shape index (κ3) is 3.03. The van der Waals surface area contributed by atoms with Crippen LogP contribution in [0.5, 0.6) is 0 Å². The first-order valence-corrected chi connectivity index (χ1v) is 5.79. The minimum Gasteiger partial charge on any atom is -0.480 e. The summed E-state index contributed by atoms with van der Waals surface area (Å²) in [6, 6.07) is 3.63. The van der Waals surface area contributed by atoms with Gasteiger partial charge in [-0.05, 0) is 25.8 Å². The van der Waals surface area contributed by atoms with Gasteiger partial charge in [-0.15, -0.1) is 0 Å². The maximum Gasteiger partial charge on any atom is 0.328 e. The van der Waals surface area contributed by atoms with Gasteiger partial charge in [0.25, 0.3) is 0 Å². The van der Waals surface area contributed by atoms with Gasteiger partial charge in [-0.1, -0.05) is 19.9 Å². The fourth-order valence-electron chi connectivity index (χ4n) is 1.55. The van der Waals surface area contributed by atoms with Gasteiger partial charge in [0, 0.05) is 24.0 Å². The zero-order valence-corrected chi connectivity index (χ0v) is 10.8. The molecule has 4 heteroatoms. The molecule has 94 valence electrons. The highest BCUT2D eigenvalue weighted by Gasteiger charge is 2.36. The normalized spacial score (nSPS) is 16.5. The van der Waals surface area contributed by atoms with Gasteiger partial charge in [-0.25, -0.2) is 4.79 Å². The van der Waals surface area contributed by atoms with Crippen LogP contribution in [0.4, 0.5) is 0 Å². The topological polar surface area (TPSA) is 62.2 Å². The molecule has 0 spiro atoms. The third-order valence-corrected chi connectivity index (χ3v) is 3.18. The van der Waals surface area contributed by atoms with Crippen molar-refractivity contribution in [2.45, 2.75) is 39.3 Å². The highest BCUT2D eigenvalue weighted by molar-refractivity contribution is 5.80. The number of rotatable bonds is 5. The molecule has 2 N–H and O–H groups in total. The summed E-state index contributed by atoms with van der Waals surface area (Å²) in [5.74, 6) is -0.525. The standard InChI is InChI=1S/C13H20N2O2/c1-9(2)10(3)15-13(4,12(16)17)11-6-5-7-14-8-11/h5-10,15H,1-4H3,(H,16,17). The lowest BCUT2D eigenvalue weighted by Crippen LogP contribution is -2.52. The number of carboxylic acid groups (broad SMARTS) is 1. The summed E-state index contributed by atoms with van der Waals surface area (Å²) in [7, 11) is 0. The second kappa shape index (κ2) is 5.27. The summed E-state index contributed by atoms with van der Waals surface area (Å²) < 4.78 is 0. The van der Waals surface area contributed by atoms with E-state index in [9.17, 15) is 9.90 Å². The molecule has 0 saturated heterocycles. The molecule has 0 radical (unpaired) electrons. The van der Waals surface area contributed by atoms with Crippen LogP contribution in [-0.2, 0) is 10.3 Å². The van der Waals surface area contributed by atoms with Gasteiger partial charge in [-0.3, -0.25) is 10.3 Å².